The fourth-order valence-electron chi connectivity index (χ4n) is 7.88. The van der Waals surface area contributed by atoms with Gasteiger partial charge in [0.1, 0.15) is 17.1 Å². The number of hydrogen-bond acceptors (Lipinski definition) is 11. The van der Waals surface area contributed by atoms with Crippen LogP contribution in [-0.4, -0.2) is 105 Å². The summed E-state index contributed by atoms with van der Waals surface area (Å²) in [5.74, 6) is -2.19. The van der Waals surface area contributed by atoms with Crippen LogP contribution in [-0.2, 0) is 26.1 Å². The zero-order valence-corrected chi connectivity index (χ0v) is 32.5. The number of nitrogens with zero attached hydrogens (tertiary/aromatic N) is 7. The van der Waals surface area contributed by atoms with Crippen molar-refractivity contribution < 1.29 is 41.3 Å². The average Bonchev–Trinajstić information content (AvgIpc) is 3.81. The topological polar surface area (TPSA) is 162 Å². The van der Waals surface area contributed by atoms with Gasteiger partial charge in [-0.25, -0.2) is 17.2 Å². The van der Waals surface area contributed by atoms with Crippen LogP contribution >= 0.6 is 0 Å². The van der Waals surface area contributed by atoms with E-state index >= 15 is 0 Å². The summed E-state index contributed by atoms with van der Waals surface area (Å²) in [6.45, 7) is 12.4. The van der Waals surface area contributed by atoms with Gasteiger partial charge in [-0.2, -0.15) is 9.29 Å². The molecular weight excluding hydrogens is 737 g/mol. The van der Waals surface area contributed by atoms with Gasteiger partial charge < -0.3 is 19.3 Å². The van der Waals surface area contributed by atoms with Gasteiger partial charge in [0, 0.05) is 55.5 Å². The van der Waals surface area contributed by atoms with Crippen molar-refractivity contribution >= 4 is 21.6 Å². The molecule has 0 radical (unpaired) electrons. The lowest BCUT2D eigenvalue weighted by molar-refractivity contribution is -0.147. The van der Waals surface area contributed by atoms with E-state index < -0.39 is 45.2 Å². The number of likely N-dealkylation sites (tertiary alicyclic amines) is 1. The van der Waals surface area contributed by atoms with Crippen LogP contribution in [0.1, 0.15) is 91.2 Å². The number of hydrogen-bond donors (Lipinski definition) is 1. The summed E-state index contributed by atoms with van der Waals surface area (Å²) < 4.78 is 77.7. The molecule has 0 aliphatic carbocycles. The SMILES string of the molecule is Cc1cnc([C@@H](c2ccn3c(C(F)F)nnc3c2C)C(C)(C)C(=O)O)cc1CN1CC2(CCOCC2)Oc2nc(OCCN3CCCC3)c(C)cc2S1(=O)=O. The standard InChI is InChI=1S/C38H47F2N7O7S/c1-23-18-29-35(42-34(23)53-17-14-45-11-6-7-12-45)54-38(9-15-52-16-10-38)22-46(55(29,50)51)21-26-19-28(41-20-24(26)2)30(37(4,5)36(48)49)27-8-13-47-32(25(27)3)43-44-33(47)31(39)40/h8,13,18-20,30-31H,6-7,9-12,14-17,21-22H2,1-5H3,(H,48,49)/t30-/m1/s1. The van der Waals surface area contributed by atoms with Gasteiger partial charge in [0.2, 0.25) is 27.6 Å². The van der Waals surface area contributed by atoms with E-state index in [2.05, 4.69) is 20.1 Å². The third-order valence-corrected chi connectivity index (χ3v) is 13.1. The average molecular weight is 784 g/mol. The van der Waals surface area contributed by atoms with Gasteiger partial charge in [-0.1, -0.05) is 0 Å². The molecule has 0 unspecified atom stereocenters. The summed E-state index contributed by atoms with van der Waals surface area (Å²) in [4.78, 5) is 24.5. The van der Waals surface area contributed by atoms with Crippen molar-refractivity contribution in [2.24, 2.45) is 5.41 Å². The highest BCUT2D eigenvalue weighted by molar-refractivity contribution is 7.89. The van der Waals surface area contributed by atoms with Gasteiger partial charge in [-0.3, -0.25) is 19.1 Å². The monoisotopic (exact) mass is 783 g/mol. The Labute approximate surface area is 318 Å². The zero-order valence-electron chi connectivity index (χ0n) is 31.7. The Morgan fingerprint density at radius 3 is 2.51 bits per heavy atom. The molecule has 3 aliphatic heterocycles. The number of carbonyl (C=O) groups is 1. The fraction of sp³-hybridized carbons (Fsp3) is 0.553. The summed E-state index contributed by atoms with van der Waals surface area (Å²) in [5, 5.41) is 18.1. The van der Waals surface area contributed by atoms with E-state index in [9.17, 15) is 27.1 Å². The van der Waals surface area contributed by atoms with E-state index in [1.165, 1.54) is 14.9 Å². The number of halogens is 2. The summed E-state index contributed by atoms with van der Waals surface area (Å²) in [5.41, 5.74) is 1.02. The van der Waals surface area contributed by atoms with E-state index in [-0.39, 0.29) is 29.5 Å². The molecule has 0 aromatic carbocycles. The molecule has 7 heterocycles. The number of aliphatic carboxylic acids is 1. The van der Waals surface area contributed by atoms with Crippen LogP contribution in [0.4, 0.5) is 8.78 Å². The lowest BCUT2D eigenvalue weighted by atomic mass is 9.71. The highest BCUT2D eigenvalue weighted by Crippen LogP contribution is 2.44. The maximum Gasteiger partial charge on any atom is 0.310 e. The minimum absolute atomic E-state index is 0.00377. The predicted octanol–water partition coefficient (Wildman–Crippen LogP) is 5.23. The van der Waals surface area contributed by atoms with Crippen LogP contribution < -0.4 is 9.47 Å². The van der Waals surface area contributed by atoms with Crippen LogP contribution in [0.25, 0.3) is 5.65 Å². The van der Waals surface area contributed by atoms with E-state index in [1.54, 1.807) is 52.1 Å². The number of carboxylic acid groups (broad SMARTS) is 1. The number of aromatic nitrogens is 5. The van der Waals surface area contributed by atoms with Gasteiger partial charge in [0.05, 0.1) is 25.2 Å². The number of sulfonamides is 1. The Hall–Kier alpha value is -4.32. The molecule has 296 valence electrons. The first-order valence-corrected chi connectivity index (χ1v) is 20.0. The van der Waals surface area contributed by atoms with Crippen LogP contribution in [0.3, 0.4) is 0 Å². The second-order valence-electron chi connectivity index (χ2n) is 15.4. The van der Waals surface area contributed by atoms with E-state index in [1.807, 2.05) is 6.92 Å². The molecule has 4 aromatic rings. The number of carboxylic acids is 1. The van der Waals surface area contributed by atoms with Crippen molar-refractivity contribution in [3.8, 4) is 11.8 Å². The van der Waals surface area contributed by atoms with Gasteiger partial charge in [0.15, 0.2) is 5.65 Å². The van der Waals surface area contributed by atoms with Crippen molar-refractivity contribution in [1.82, 2.24) is 33.8 Å². The number of fused-ring (bicyclic) bond motifs is 2. The summed E-state index contributed by atoms with van der Waals surface area (Å²) in [6, 6.07) is 4.89. The molecule has 0 bridgehead atoms. The maximum absolute atomic E-state index is 14.7. The normalized spacial score (nSPS) is 19.3. The third kappa shape index (κ3) is 7.38. The van der Waals surface area contributed by atoms with Crippen LogP contribution in [0.2, 0.25) is 0 Å². The highest BCUT2D eigenvalue weighted by Gasteiger charge is 2.47. The van der Waals surface area contributed by atoms with E-state index in [0.717, 1.165) is 32.5 Å². The first-order valence-electron chi connectivity index (χ1n) is 18.6. The summed E-state index contributed by atoms with van der Waals surface area (Å²) in [7, 11) is -4.20. The summed E-state index contributed by atoms with van der Waals surface area (Å²) >= 11 is 0. The van der Waals surface area contributed by atoms with Crippen molar-refractivity contribution in [2.45, 2.75) is 89.7 Å². The molecule has 1 N–H and O–H groups in total. The molecule has 1 spiro atoms. The Morgan fingerprint density at radius 1 is 1.09 bits per heavy atom. The molecule has 1 atom stereocenters. The molecule has 0 amide bonds. The molecule has 0 saturated carbocycles. The van der Waals surface area contributed by atoms with E-state index in [4.69, 9.17) is 19.2 Å². The molecule has 2 fully saturated rings. The molecule has 17 heteroatoms. The number of pyridine rings is 3. The predicted molar refractivity (Wildman–Crippen MR) is 196 cm³/mol. The number of ether oxygens (including phenoxy) is 3. The van der Waals surface area contributed by atoms with Gasteiger partial charge >= 0.3 is 5.97 Å². The number of aryl methyl sites for hydroxylation is 3. The Balaban J connectivity index is 1.27. The van der Waals surface area contributed by atoms with Gasteiger partial charge in [-0.05, 0) is 101 Å². The fourth-order valence-corrected chi connectivity index (χ4v) is 9.51. The minimum atomic E-state index is -4.20. The lowest BCUT2D eigenvalue weighted by Gasteiger charge is -2.38. The third-order valence-electron chi connectivity index (χ3n) is 11.3. The molecule has 55 heavy (non-hydrogen) atoms. The van der Waals surface area contributed by atoms with Crippen molar-refractivity contribution in [3.05, 3.63) is 69.9 Å². The van der Waals surface area contributed by atoms with Gasteiger partial charge in [-0.15, -0.1) is 10.2 Å². The number of alkyl halides is 2. The molecule has 3 aliphatic rings. The van der Waals surface area contributed by atoms with Gasteiger partial charge in [0.25, 0.3) is 6.43 Å². The van der Waals surface area contributed by atoms with Crippen molar-refractivity contribution in [3.63, 3.8) is 0 Å². The molecule has 7 rings (SSSR count). The van der Waals surface area contributed by atoms with Crippen LogP contribution in [0.15, 0.2) is 35.5 Å². The largest absolute Gasteiger partial charge is 0.481 e. The first kappa shape index (κ1) is 38.9. The first-order chi connectivity index (χ1) is 26.1. The second kappa shape index (κ2) is 15.0. The Kier molecular flexibility index (Phi) is 10.6. The summed E-state index contributed by atoms with van der Waals surface area (Å²) in [6.07, 6.45) is 3.36. The minimum Gasteiger partial charge on any atom is -0.481 e. The lowest BCUT2D eigenvalue weighted by Crippen LogP contribution is -2.50. The number of rotatable bonds is 11. The van der Waals surface area contributed by atoms with Crippen molar-refractivity contribution in [2.75, 3.05) is 46.0 Å². The zero-order chi connectivity index (χ0) is 39.3. The maximum atomic E-state index is 14.7. The smallest absolute Gasteiger partial charge is 0.310 e. The van der Waals surface area contributed by atoms with Crippen LogP contribution in [0, 0.1) is 26.2 Å². The van der Waals surface area contributed by atoms with E-state index in [0.29, 0.717) is 72.1 Å². The molecule has 14 nitrogen and oxygen atoms in total. The molecule has 4 aromatic heterocycles. The quantitative estimate of drug-likeness (QED) is 0.211. The molecule has 2 saturated heterocycles. The Bertz CT molecular complexity index is 2200. The highest BCUT2D eigenvalue weighted by atomic mass is 32.2. The van der Waals surface area contributed by atoms with Crippen LogP contribution in [0.5, 0.6) is 11.8 Å². The van der Waals surface area contributed by atoms with Crippen molar-refractivity contribution in [1.29, 1.82) is 0 Å². The second-order valence-corrected chi connectivity index (χ2v) is 17.3. The Morgan fingerprint density at radius 2 is 1.82 bits per heavy atom. The molecular formula is C38H47F2N7O7S.